The quantitative estimate of drug-likeness (QED) is 0.0628. The number of hydrogen-bond acceptors (Lipinski definition) is 15. The molecular formula is C42H62N2O15S. The summed E-state index contributed by atoms with van der Waals surface area (Å²) in [7, 11) is -1.76. The van der Waals surface area contributed by atoms with Crippen LogP contribution in [0, 0.1) is 23.7 Å². The van der Waals surface area contributed by atoms with Gasteiger partial charge in [-0.2, -0.15) is 8.42 Å². The highest BCUT2D eigenvalue weighted by Crippen LogP contribution is 2.57. The maximum atomic E-state index is 13.7. The molecule has 3 aliphatic rings. The Bertz CT molecular complexity index is 1960. The topological polar surface area (TPSA) is 289 Å². The van der Waals surface area contributed by atoms with E-state index in [0.29, 0.717) is 0 Å². The van der Waals surface area contributed by atoms with Crippen molar-refractivity contribution < 1.29 is 71.9 Å². The lowest BCUT2D eigenvalue weighted by atomic mass is 9.54. The molecule has 0 heterocycles. The standard InChI is InChI=1S/C22H24N2O8.C20H38O7S/c1-21(31)8-5-4-6-11(25)12(8)16(26)13-9(21)7-10-15(24(2)3)17(27)14(20(23)30)19(29)22(10,32)18(13)28;1-5-9-11-16(7-3)14-26-19(21)13-18(28(23,24)25)20(22)27-15-17(8-4)12-10-6-2/h4-6,9-10,15,25-26,29,31-32H,7H2,1-3H3,(H2,23,30);16-18H,5-15H2,1-4H3,(H,23,24,25)/t9-,10-,15-,21+,22-;/m0./s1. The van der Waals surface area contributed by atoms with E-state index in [1.165, 1.54) is 44.1 Å². The summed E-state index contributed by atoms with van der Waals surface area (Å²) in [6, 6.07) is 3.02. The van der Waals surface area contributed by atoms with Crippen molar-refractivity contribution in [3.63, 3.8) is 0 Å². The van der Waals surface area contributed by atoms with Crippen LogP contribution < -0.4 is 5.73 Å². The third-order valence-electron chi connectivity index (χ3n) is 12.0. The van der Waals surface area contributed by atoms with Crippen molar-refractivity contribution in [3.8, 4) is 5.75 Å². The van der Waals surface area contributed by atoms with Gasteiger partial charge in [-0.05, 0) is 63.7 Å². The maximum Gasteiger partial charge on any atom is 0.327 e. The number of ether oxygens (including phenoxy) is 2. The number of primary amides is 1. The summed E-state index contributed by atoms with van der Waals surface area (Å²) in [5.41, 5.74) is -0.548. The predicted octanol–water partition coefficient (Wildman–Crippen LogP) is 3.78. The van der Waals surface area contributed by atoms with Crippen LogP contribution in [0.15, 0.2) is 35.1 Å². The summed E-state index contributed by atoms with van der Waals surface area (Å²) in [5, 5.41) is 53.0. The normalized spacial score (nSPS) is 25.3. The Kier molecular flexibility index (Phi) is 17.1. The highest BCUT2D eigenvalue weighted by Gasteiger charge is 2.66. The fourth-order valence-electron chi connectivity index (χ4n) is 8.32. The lowest BCUT2D eigenvalue weighted by molar-refractivity contribution is -0.159. The molecule has 1 aromatic carbocycles. The summed E-state index contributed by atoms with van der Waals surface area (Å²) in [6.45, 7) is 9.75. The lowest BCUT2D eigenvalue weighted by Crippen LogP contribution is -2.67. The fraction of sp³-hybridized carbons (Fsp3) is 0.643. The van der Waals surface area contributed by atoms with Gasteiger partial charge in [0, 0.05) is 17.4 Å². The Morgan fingerprint density at radius 3 is 1.97 bits per heavy atom. The largest absolute Gasteiger partial charge is 0.508 e. The van der Waals surface area contributed by atoms with E-state index in [-0.39, 0.29) is 42.6 Å². The number of aliphatic hydroxyl groups is 4. The van der Waals surface area contributed by atoms with E-state index >= 15 is 0 Å². The second-order valence-electron chi connectivity index (χ2n) is 16.3. The van der Waals surface area contributed by atoms with Gasteiger partial charge in [-0.25, -0.2) is 0 Å². The van der Waals surface area contributed by atoms with Crippen molar-refractivity contribution in [2.45, 2.75) is 121 Å². The molecule has 0 radical (unpaired) electrons. The predicted molar refractivity (Wildman–Crippen MR) is 219 cm³/mol. The highest BCUT2D eigenvalue weighted by atomic mass is 32.2. The summed E-state index contributed by atoms with van der Waals surface area (Å²) in [6.07, 6.45) is 6.54. The van der Waals surface area contributed by atoms with Crippen LogP contribution in [-0.2, 0) is 49.2 Å². The van der Waals surface area contributed by atoms with Crippen LogP contribution in [0.4, 0.5) is 0 Å². The Balaban J connectivity index is 0.000000325. The average Bonchev–Trinajstić information content (AvgIpc) is 3.17. The van der Waals surface area contributed by atoms with E-state index in [4.69, 9.17) is 15.2 Å². The Hall–Kier alpha value is -4.36. The van der Waals surface area contributed by atoms with Gasteiger partial charge < -0.3 is 40.7 Å². The van der Waals surface area contributed by atoms with Gasteiger partial charge in [-0.15, -0.1) is 0 Å². The molecule has 17 nitrogen and oxygen atoms in total. The van der Waals surface area contributed by atoms with E-state index in [2.05, 4.69) is 13.8 Å². The van der Waals surface area contributed by atoms with Crippen LogP contribution in [0.1, 0.15) is 110 Å². The second kappa shape index (κ2) is 20.5. The van der Waals surface area contributed by atoms with Gasteiger partial charge in [0.2, 0.25) is 5.78 Å². The number of hydrogen-bond donors (Lipinski definition) is 7. The number of benzene rings is 1. The van der Waals surface area contributed by atoms with Gasteiger partial charge in [0.15, 0.2) is 16.6 Å². The van der Waals surface area contributed by atoms with Crippen molar-refractivity contribution in [1.82, 2.24) is 4.90 Å². The molecule has 336 valence electrons. The summed E-state index contributed by atoms with van der Waals surface area (Å²) in [5.74, 6) is -9.50. The number of carbonyl (C=O) groups excluding carboxylic acids is 5. The molecule has 0 aliphatic heterocycles. The Labute approximate surface area is 351 Å². The monoisotopic (exact) mass is 866 g/mol. The minimum absolute atomic E-state index is 0.0747. The van der Waals surface area contributed by atoms with Crippen LogP contribution in [0.5, 0.6) is 5.75 Å². The van der Waals surface area contributed by atoms with E-state index in [1.54, 1.807) is 0 Å². The molecule has 18 heteroatoms. The van der Waals surface area contributed by atoms with E-state index in [0.717, 1.165) is 51.4 Å². The molecule has 8 atom stereocenters. The SMILES string of the molecule is CCCCC(CC)COC(=O)CC(C(=O)OCC(CC)CCCC)S(=O)(=O)O.CN(C)[C@@H]1C(=O)C(C(N)=O)=C(O)[C@@]2(O)C(=O)C3=C(O)c4c(O)cccc4[C@@](C)(O)[C@H]3C[C@@H]12. The first-order chi connectivity index (χ1) is 28.0. The minimum Gasteiger partial charge on any atom is -0.508 e. The van der Waals surface area contributed by atoms with Crippen LogP contribution in [0.2, 0.25) is 0 Å². The molecule has 1 amide bonds. The summed E-state index contributed by atoms with van der Waals surface area (Å²) in [4.78, 5) is 64.2. The molecule has 1 fully saturated rings. The first-order valence-corrected chi connectivity index (χ1v) is 21.9. The van der Waals surface area contributed by atoms with E-state index in [9.17, 15) is 62.5 Å². The number of Topliss-reactive ketones (excluding diaryl/α,β-unsaturated/α-hetero) is 2. The number of amides is 1. The molecule has 8 N–H and O–H groups in total. The number of rotatable bonds is 18. The molecule has 1 saturated carbocycles. The number of likely N-dealkylation sites (N-methyl/N-ethyl adjacent to an activating group) is 1. The minimum atomic E-state index is -4.76. The lowest BCUT2D eigenvalue weighted by Gasteiger charge is -2.53. The van der Waals surface area contributed by atoms with Crippen molar-refractivity contribution in [1.29, 1.82) is 0 Å². The maximum absolute atomic E-state index is 13.7. The number of fused-ring (bicyclic) bond motifs is 3. The van der Waals surface area contributed by atoms with Crippen LogP contribution in [0.25, 0.3) is 5.76 Å². The van der Waals surface area contributed by atoms with Crippen molar-refractivity contribution in [2.75, 3.05) is 27.3 Å². The molecule has 0 bridgehead atoms. The first-order valence-electron chi connectivity index (χ1n) is 20.4. The molecule has 60 heavy (non-hydrogen) atoms. The number of phenols is 1. The van der Waals surface area contributed by atoms with Crippen molar-refractivity contribution >= 4 is 45.3 Å². The zero-order valence-electron chi connectivity index (χ0n) is 35.5. The number of aliphatic hydroxyl groups excluding tert-OH is 2. The molecule has 3 aliphatic carbocycles. The number of nitrogens with two attached hydrogens (primary N) is 1. The van der Waals surface area contributed by atoms with Gasteiger partial charge in [-0.3, -0.25) is 33.4 Å². The molecule has 0 saturated heterocycles. The van der Waals surface area contributed by atoms with Gasteiger partial charge in [-0.1, -0.05) is 78.4 Å². The van der Waals surface area contributed by atoms with E-state index in [1.807, 2.05) is 13.8 Å². The number of carbonyl (C=O) groups is 5. The molecule has 0 aromatic heterocycles. The summed E-state index contributed by atoms with van der Waals surface area (Å²) < 4.78 is 42.8. The smallest absolute Gasteiger partial charge is 0.327 e. The molecule has 4 rings (SSSR count). The zero-order valence-corrected chi connectivity index (χ0v) is 36.3. The number of nitrogens with zero attached hydrogens (tertiary/aromatic N) is 1. The summed E-state index contributed by atoms with van der Waals surface area (Å²) >= 11 is 0. The van der Waals surface area contributed by atoms with Gasteiger partial charge in [0.1, 0.15) is 22.8 Å². The zero-order chi connectivity index (χ0) is 45.5. The first kappa shape index (κ1) is 50.0. The molecular weight excluding hydrogens is 805 g/mol. The van der Waals surface area contributed by atoms with Gasteiger partial charge in [0.05, 0.1) is 36.8 Å². The third-order valence-corrected chi connectivity index (χ3v) is 13.1. The number of unbranched alkanes of at least 4 members (excludes halogenated alkanes) is 2. The number of aromatic hydroxyl groups is 1. The highest BCUT2D eigenvalue weighted by molar-refractivity contribution is 7.87. The van der Waals surface area contributed by atoms with Crippen LogP contribution in [-0.4, -0.2) is 117 Å². The fourth-order valence-corrected chi connectivity index (χ4v) is 8.98. The Morgan fingerprint density at radius 2 is 1.48 bits per heavy atom. The van der Waals surface area contributed by atoms with E-state index < -0.39 is 109 Å². The van der Waals surface area contributed by atoms with Crippen molar-refractivity contribution in [2.24, 2.45) is 29.4 Å². The van der Waals surface area contributed by atoms with Crippen molar-refractivity contribution in [3.05, 3.63) is 46.2 Å². The number of phenolic OH excluding ortho intramolecular Hbond substituents is 1. The number of esters is 2. The van der Waals surface area contributed by atoms with Crippen LogP contribution >= 0.6 is 0 Å². The Morgan fingerprint density at radius 1 is 0.933 bits per heavy atom. The molecule has 1 aromatic rings. The van der Waals surface area contributed by atoms with Gasteiger partial charge >= 0.3 is 11.9 Å². The molecule has 3 unspecified atom stereocenters. The number of ketones is 2. The molecule has 0 spiro atoms. The van der Waals surface area contributed by atoms with Crippen LogP contribution in [0.3, 0.4) is 0 Å². The van der Waals surface area contributed by atoms with Gasteiger partial charge in [0.25, 0.3) is 16.0 Å². The third kappa shape index (κ3) is 10.4. The average molecular weight is 867 g/mol. The second-order valence-corrected chi connectivity index (χ2v) is 17.9.